The summed E-state index contributed by atoms with van der Waals surface area (Å²) in [4.78, 5) is 1.93. The Labute approximate surface area is 107 Å². The van der Waals surface area contributed by atoms with Gasteiger partial charge in [0, 0.05) is 18.1 Å². The van der Waals surface area contributed by atoms with E-state index in [0.717, 1.165) is 0 Å². The Hall–Kier alpha value is -0.730. The Bertz CT molecular complexity index is 317. The van der Waals surface area contributed by atoms with Gasteiger partial charge >= 0.3 is 6.18 Å². The van der Waals surface area contributed by atoms with E-state index in [2.05, 4.69) is 11.2 Å². The average Bonchev–Trinajstić information content (AvgIpc) is 2.53. The van der Waals surface area contributed by atoms with E-state index in [4.69, 9.17) is 6.42 Å². The lowest BCUT2D eigenvalue weighted by Crippen LogP contribution is -2.53. The summed E-state index contributed by atoms with van der Waals surface area (Å²) in [5.74, 6) is 1.21. The molecule has 0 saturated carbocycles. The molecule has 0 aromatic heterocycles. The second-order valence-corrected chi connectivity index (χ2v) is 5.41. The lowest BCUT2D eigenvalue weighted by atomic mass is 9.87. The lowest BCUT2D eigenvalue weighted by molar-refractivity contribution is -0.192. The van der Waals surface area contributed by atoms with Crippen LogP contribution in [0.2, 0.25) is 0 Å². The van der Waals surface area contributed by atoms with Gasteiger partial charge in [0.1, 0.15) is 0 Å². The molecule has 1 aliphatic heterocycles. The third-order valence-corrected chi connectivity index (χ3v) is 3.85. The molecule has 0 radical (unpaired) electrons. The second kappa shape index (κ2) is 5.50. The van der Waals surface area contributed by atoms with Gasteiger partial charge in [-0.05, 0) is 33.7 Å². The number of rotatable bonds is 4. The van der Waals surface area contributed by atoms with Gasteiger partial charge in [0.15, 0.2) is 0 Å². The normalized spacial score (nSPS) is 25.9. The number of hydrogen-bond donors (Lipinski definition) is 1. The molecule has 2 nitrogen and oxygen atoms in total. The fourth-order valence-electron chi connectivity index (χ4n) is 2.93. The van der Waals surface area contributed by atoms with Gasteiger partial charge in [0.2, 0.25) is 0 Å². The maximum atomic E-state index is 12.9. The van der Waals surface area contributed by atoms with E-state index in [1.807, 2.05) is 11.8 Å². The number of nitrogens with zero attached hydrogens (tertiary/aromatic N) is 1. The van der Waals surface area contributed by atoms with Gasteiger partial charge in [0.05, 0.1) is 12.5 Å². The van der Waals surface area contributed by atoms with Crippen molar-refractivity contribution >= 4 is 0 Å². The highest BCUT2D eigenvalue weighted by Gasteiger charge is 2.55. The van der Waals surface area contributed by atoms with E-state index < -0.39 is 17.6 Å². The topological polar surface area (TPSA) is 15.3 Å². The van der Waals surface area contributed by atoms with E-state index in [-0.39, 0.29) is 12.5 Å². The molecule has 104 valence electrons. The number of halogens is 3. The van der Waals surface area contributed by atoms with Crippen LogP contribution in [0.1, 0.15) is 27.2 Å². The van der Waals surface area contributed by atoms with Crippen molar-refractivity contribution in [2.45, 2.75) is 44.9 Å². The summed E-state index contributed by atoms with van der Waals surface area (Å²) in [5, 5.41) is 3.04. The van der Waals surface area contributed by atoms with Crippen LogP contribution >= 0.6 is 0 Å². The molecule has 0 aromatic rings. The number of nitrogens with one attached hydrogen (secondary N) is 1. The van der Waals surface area contributed by atoms with Crippen molar-refractivity contribution in [2.75, 3.05) is 19.6 Å². The smallest absolute Gasteiger partial charge is 0.305 e. The fourth-order valence-corrected chi connectivity index (χ4v) is 2.93. The molecule has 1 N–H and O–H groups in total. The number of hydrogen-bond acceptors (Lipinski definition) is 2. The molecule has 18 heavy (non-hydrogen) atoms. The SMILES string of the molecule is C#CCNCC(C)N1CCC(C(F)(F)F)C1(C)C. The van der Waals surface area contributed by atoms with E-state index in [0.29, 0.717) is 19.6 Å². The zero-order valence-electron chi connectivity index (χ0n) is 11.1. The van der Waals surface area contributed by atoms with Crippen LogP contribution in [-0.2, 0) is 0 Å². The number of likely N-dealkylation sites (tertiary alicyclic amines) is 1. The van der Waals surface area contributed by atoms with Gasteiger partial charge in [-0.3, -0.25) is 4.90 Å². The van der Waals surface area contributed by atoms with Gasteiger partial charge in [0.25, 0.3) is 0 Å². The van der Waals surface area contributed by atoms with E-state index in [1.165, 1.54) is 0 Å². The van der Waals surface area contributed by atoms with Crippen LogP contribution < -0.4 is 5.32 Å². The average molecular weight is 262 g/mol. The molecule has 0 bridgehead atoms. The van der Waals surface area contributed by atoms with Crippen molar-refractivity contribution in [1.82, 2.24) is 10.2 Å². The Kier molecular flexibility index (Phi) is 4.68. The zero-order valence-corrected chi connectivity index (χ0v) is 11.1. The Morgan fingerprint density at radius 3 is 2.56 bits per heavy atom. The van der Waals surface area contributed by atoms with E-state index in [9.17, 15) is 13.2 Å². The first-order chi connectivity index (χ1) is 8.21. The van der Waals surface area contributed by atoms with Crippen molar-refractivity contribution in [3.8, 4) is 12.3 Å². The number of alkyl halides is 3. The van der Waals surface area contributed by atoms with Gasteiger partial charge in [-0.2, -0.15) is 13.2 Å². The molecule has 2 unspecified atom stereocenters. The molecular weight excluding hydrogens is 241 g/mol. The second-order valence-electron chi connectivity index (χ2n) is 5.41. The summed E-state index contributed by atoms with van der Waals surface area (Å²) >= 11 is 0. The standard InChI is InChI=1S/C13H21F3N2/c1-5-7-17-9-10(2)18-8-6-11(12(18,3)4)13(14,15)16/h1,10-11,17H,6-9H2,2-4H3. The van der Waals surface area contributed by atoms with Crippen LogP contribution in [0.4, 0.5) is 13.2 Å². The predicted octanol–water partition coefficient (Wildman–Crippen LogP) is 2.26. The summed E-state index contributed by atoms with van der Waals surface area (Å²) in [7, 11) is 0. The highest BCUT2D eigenvalue weighted by Crippen LogP contribution is 2.45. The molecule has 0 aromatic carbocycles. The van der Waals surface area contributed by atoms with Crippen LogP contribution in [0.25, 0.3) is 0 Å². The zero-order chi connectivity index (χ0) is 14.0. The molecule has 1 heterocycles. The predicted molar refractivity (Wildman–Crippen MR) is 66.1 cm³/mol. The third kappa shape index (κ3) is 3.18. The van der Waals surface area contributed by atoms with Crippen molar-refractivity contribution in [2.24, 2.45) is 5.92 Å². The Balaban J connectivity index is 2.67. The third-order valence-electron chi connectivity index (χ3n) is 3.85. The Morgan fingerprint density at radius 2 is 2.11 bits per heavy atom. The van der Waals surface area contributed by atoms with Crippen LogP contribution in [0, 0.1) is 18.3 Å². The first kappa shape index (κ1) is 15.3. The molecule has 1 fully saturated rings. The highest BCUT2D eigenvalue weighted by molar-refractivity contribution is 5.00. The molecular formula is C13H21F3N2. The molecule has 1 saturated heterocycles. The molecule has 0 spiro atoms. The first-order valence-electron chi connectivity index (χ1n) is 6.19. The minimum atomic E-state index is -4.12. The molecule has 1 rings (SSSR count). The fraction of sp³-hybridized carbons (Fsp3) is 0.846. The van der Waals surface area contributed by atoms with Crippen LogP contribution in [0.5, 0.6) is 0 Å². The van der Waals surface area contributed by atoms with Crippen molar-refractivity contribution in [3.63, 3.8) is 0 Å². The quantitative estimate of drug-likeness (QED) is 0.617. The van der Waals surface area contributed by atoms with Crippen LogP contribution in [-0.4, -0.2) is 42.3 Å². The highest BCUT2D eigenvalue weighted by atomic mass is 19.4. The summed E-state index contributed by atoms with van der Waals surface area (Å²) in [6, 6.07) is 0.0423. The summed E-state index contributed by atoms with van der Waals surface area (Å²) in [6.07, 6.45) is 1.18. The maximum absolute atomic E-state index is 12.9. The van der Waals surface area contributed by atoms with Gasteiger partial charge in [-0.1, -0.05) is 5.92 Å². The van der Waals surface area contributed by atoms with Gasteiger partial charge < -0.3 is 5.32 Å². The Morgan fingerprint density at radius 1 is 1.50 bits per heavy atom. The minimum absolute atomic E-state index is 0.0423. The van der Waals surface area contributed by atoms with E-state index in [1.54, 1.807) is 13.8 Å². The van der Waals surface area contributed by atoms with Gasteiger partial charge in [-0.25, -0.2) is 0 Å². The summed E-state index contributed by atoms with van der Waals surface area (Å²) < 4.78 is 38.8. The maximum Gasteiger partial charge on any atom is 0.393 e. The van der Waals surface area contributed by atoms with Crippen molar-refractivity contribution in [1.29, 1.82) is 0 Å². The van der Waals surface area contributed by atoms with Gasteiger partial charge in [-0.15, -0.1) is 6.42 Å². The number of terminal acetylenes is 1. The lowest BCUT2D eigenvalue weighted by Gasteiger charge is -2.40. The van der Waals surface area contributed by atoms with Crippen LogP contribution in [0.3, 0.4) is 0 Å². The first-order valence-corrected chi connectivity index (χ1v) is 6.19. The van der Waals surface area contributed by atoms with E-state index >= 15 is 0 Å². The molecule has 5 heteroatoms. The molecule has 0 amide bonds. The molecule has 0 aliphatic carbocycles. The monoisotopic (exact) mass is 262 g/mol. The minimum Gasteiger partial charge on any atom is -0.305 e. The largest absolute Gasteiger partial charge is 0.393 e. The van der Waals surface area contributed by atoms with Crippen molar-refractivity contribution < 1.29 is 13.2 Å². The molecule has 2 atom stereocenters. The summed E-state index contributed by atoms with van der Waals surface area (Å²) in [6.45, 7) is 6.82. The molecule has 1 aliphatic rings. The van der Waals surface area contributed by atoms with Crippen LogP contribution in [0.15, 0.2) is 0 Å². The summed E-state index contributed by atoms with van der Waals surface area (Å²) in [5.41, 5.74) is -0.852. The van der Waals surface area contributed by atoms with Crippen molar-refractivity contribution in [3.05, 3.63) is 0 Å².